The summed E-state index contributed by atoms with van der Waals surface area (Å²) in [5.41, 5.74) is 0.620. The molecule has 0 radical (unpaired) electrons. The second kappa shape index (κ2) is 6.74. The van der Waals surface area contributed by atoms with Gasteiger partial charge in [0.15, 0.2) is 0 Å². The summed E-state index contributed by atoms with van der Waals surface area (Å²) in [7, 11) is 0. The molecule has 0 aliphatic carbocycles. The Morgan fingerprint density at radius 3 is 2.68 bits per heavy atom. The van der Waals surface area contributed by atoms with E-state index in [0.717, 1.165) is 12.8 Å². The molecular weight excluding hydrogens is 242 g/mol. The second-order valence-electron chi connectivity index (χ2n) is 4.90. The van der Waals surface area contributed by atoms with E-state index >= 15 is 0 Å². The maximum Gasteiger partial charge on any atom is 0.289 e. The van der Waals surface area contributed by atoms with E-state index in [1.54, 1.807) is 6.07 Å². The van der Waals surface area contributed by atoms with Crippen molar-refractivity contribution in [1.82, 2.24) is 0 Å². The predicted octanol–water partition coefficient (Wildman–Crippen LogP) is 3.70. The minimum Gasteiger partial charge on any atom is -0.382 e. The van der Waals surface area contributed by atoms with Gasteiger partial charge in [0, 0.05) is 17.8 Å². The number of hydrogen-bond donors (Lipinski definition) is 1. The largest absolute Gasteiger partial charge is 0.382 e. The van der Waals surface area contributed by atoms with Crippen LogP contribution < -0.4 is 5.32 Å². The van der Waals surface area contributed by atoms with Crippen LogP contribution in [-0.2, 0) is 0 Å². The van der Waals surface area contributed by atoms with Crippen LogP contribution in [0.3, 0.4) is 0 Å². The van der Waals surface area contributed by atoms with Crippen molar-refractivity contribution >= 4 is 11.4 Å². The Morgan fingerprint density at radius 1 is 1.47 bits per heavy atom. The molecule has 1 rings (SSSR count). The van der Waals surface area contributed by atoms with Gasteiger partial charge in [0.2, 0.25) is 0 Å². The van der Waals surface area contributed by atoms with E-state index in [1.165, 1.54) is 12.1 Å². The van der Waals surface area contributed by atoms with Crippen LogP contribution in [0.25, 0.3) is 0 Å². The lowest BCUT2D eigenvalue weighted by molar-refractivity contribution is -0.385. The molecule has 0 aromatic heterocycles. The number of rotatable bonds is 6. The molecule has 0 saturated carbocycles. The van der Waals surface area contributed by atoms with Crippen molar-refractivity contribution in [3.05, 3.63) is 33.9 Å². The molecule has 0 aliphatic heterocycles. The van der Waals surface area contributed by atoms with E-state index in [-0.39, 0.29) is 17.3 Å². The molecule has 0 amide bonds. The predicted molar refractivity (Wildman–Crippen MR) is 75.0 cm³/mol. The molecule has 2 unspecified atom stereocenters. The molecule has 0 heterocycles. The first-order valence-corrected chi connectivity index (χ1v) is 6.43. The Bertz CT molecular complexity index is 494. The van der Waals surface area contributed by atoms with E-state index in [2.05, 4.69) is 26.1 Å². The van der Waals surface area contributed by atoms with Gasteiger partial charge in [-0.1, -0.05) is 20.3 Å². The summed E-state index contributed by atoms with van der Waals surface area (Å²) in [4.78, 5) is 10.3. The third kappa shape index (κ3) is 4.25. The standard InChI is InChI=1S/C14H19N3O2/c1-4-10(2)7-11(3)16-13-6-5-12(9-15)14(8-13)17(18)19/h5-6,8,10-11,16H,4,7H2,1-3H3. The molecule has 2 atom stereocenters. The number of nitrogens with zero attached hydrogens (tertiary/aromatic N) is 2. The van der Waals surface area contributed by atoms with Crippen LogP contribution in [0.15, 0.2) is 18.2 Å². The minimum atomic E-state index is -0.525. The summed E-state index contributed by atoms with van der Waals surface area (Å²) in [6.07, 6.45) is 2.11. The lowest BCUT2D eigenvalue weighted by Crippen LogP contribution is -2.18. The highest BCUT2D eigenvalue weighted by atomic mass is 16.6. The van der Waals surface area contributed by atoms with Gasteiger partial charge in [-0.3, -0.25) is 10.1 Å². The monoisotopic (exact) mass is 261 g/mol. The molecule has 0 saturated heterocycles. The van der Waals surface area contributed by atoms with Gasteiger partial charge in [0.05, 0.1) is 4.92 Å². The zero-order valence-corrected chi connectivity index (χ0v) is 11.5. The molecule has 0 aliphatic rings. The topological polar surface area (TPSA) is 79.0 Å². The van der Waals surface area contributed by atoms with Crippen LogP contribution >= 0.6 is 0 Å². The lowest BCUT2D eigenvalue weighted by atomic mass is 10.00. The third-order valence-corrected chi connectivity index (χ3v) is 3.18. The molecule has 1 aromatic rings. The fourth-order valence-electron chi connectivity index (χ4n) is 1.98. The second-order valence-corrected chi connectivity index (χ2v) is 4.90. The van der Waals surface area contributed by atoms with Gasteiger partial charge in [-0.05, 0) is 31.4 Å². The Balaban J connectivity index is 2.83. The number of nitriles is 1. The average molecular weight is 261 g/mol. The van der Waals surface area contributed by atoms with Crippen LogP contribution in [-0.4, -0.2) is 11.0 Å². The van der Waals surface area contributed by atoms with Gasteiger partial charge < -0.3 is 5.32 Å². The zero-order chi connectivity index (χ0) is 14.4. The Hall–Kier alpha value is -2.09. The highest BCUT2D eigenvalue weighted by Crippen LogP contribution is 2.23. The van der Waals surface area contributed by atoms with Gasteiger partial charge in [-0.15, -0.1) is 0 Å². The summed E-state index contributed by atoms with van der Waals surface area (Å²) < 4.78 is 0. The highest BCUT2D eigenvalue weighted by Gasteiger charge is 2.15. The van der Waals surface area contributed by atoms with Crippen LogP contribution in [0.1, 0.15) is 39.2 Å². The molecule has 102 valence electrons. The van der Waals surface area contributed by atoms with Gasteiger partial charge in [0.25, 0.3) is 5.69 Å². The van der Waals surface area contributed by atoms with Crippen molar-refractivity contribution < 1.29 is 4.92 Å². The van der Waals surface area contributed by atoms with E-state index in [4.69, 9.17) is 5.26 Å². The van der Waals surface area contributed by atoms with E-state index in [9.17, 15) is 10.1 Å². The van der Waals surface area contributed by atoms with Crippen molar-refractivity contribution in [2.45, 2.75) is 39.7 Å². The first-order chi connectivity index (χ1) is 8.97. The van der Waals surface area contributed by atoms with Gasteiger partial charge in [-0.2, -0.15) is 5.26 Å². The molecule has 5 nitrogen and oxygen atoms in total. The van der Waals surface area contributed by atoms with Crippen molar-refractivity contribution in [2.75, 3.05) is 5.32 Å². The first-order valence-electron chi connectivity index (χ1n) is 6.43. The van der Waals surface area contributed by atoms with Crippen LogP contribution in [0.2, 0.25) is 0 Å². The number of nitro groups is 1. The Morgan fingerprint density at radius 2 is 2.16 bits per heavy atom. The van der Waals surface area contributed by atoms with Crippen molar-refractivity contribution in [2.24, 2.45) is 5.92 Å². The lowest BCUT2D eigenvalue weighted by Gasteiger charge is -2.18. The number of nitrogens with one attached hydrogen (secondary N) is 1. The first kappa shape index (κ1) is 15.0. The molecule has 0 spiro atoms. The molecule has 0 bridgehead atoms. The molecular formula is C14H19N3O2. The highest BCUT2D eigenvalue weighted by molar-refractivity contribution is 5.59. The van der Waals surface area contributed by atoms with Crippen LogP contribution in [0.4, 0.5) is 11.4 Å². The summed E-state index contributed by atoms with van der Waals surface area (Å²) >= 11 is 0. The third-order valence-electron chi connectivity index (χ3n) is 3.18. The minimum absolute atomic E-state index is 0.0881. The van der Waals surface area contributed by atoms with E-state index in [1.807, 2.05) is 6.07 Å². The zero-order valence-electron chi connectivity index (χ0n) is 11.5. The number of hydrogen-bond acceptors (Lipinski definition) is 4. The number of nitro benzene ring substituents is 1. The summed E-state index contributed by atoms with van der Waals surface area (Å²) in [6.45, 7) is 6.37. The van der Waals surface area contributed by atoms with Gasteiger partial charge in [-0.25, -0.2) is 0 Å². The summed E-state index contributed by atoms with van der Waals surface area (Å²) in [6, 6.07) is 6.68. The molecule has 1 aromatic carbocycles. The number of benzene rings is 1. The van der Waals surface area contributed by atoms with E-state index in [0.29, 0.717) is 11.6 Å². The fraction of sp³-hybridized carbons (Fsp3) is 0.500. The quantitative estimate of drug-likeness (QED) is 0.625. The average Bonchev–Trinajstić information content (AvgIpc) is 2.38. The Kier molecular flexibility index (Phi) is 5.31. The maximum atomic E-state index is 10.9. The molecule has 0 fully saturated rings. The van der Waals surface area contributed by atoms with Gasteiger partial charge >= 0.3 is 0 Å². The normalized spacial score (nSPS) is 13.4. The SMILES string of the molecule is CCC(C)CC(C)Nc1ccc(C#N)c([N+](=O)[O-])c1. The van der Waals surface area contributed by atoms with Crippen LogP contribution in [0.5, 0.6) is 0 Å². The fourth-order valence-corrected chi connectivity index (χ4v) is 1.98. The van der Waals surface area contributed by atoms with E-state index < -0.39 is 4.92 Å². The molecule has 1 N–H and O–H groups in total. The smallest absolute Gasteiger partial charge is 0.289 e. The van der Waals surface area contributed by atoms with Crippen molar-refractivity contribution in [1.29, 1.82) is 5.26 Å². The molecule has 19 heavy (non-hydrogen) atoms. The number of anilines is 1. The summed E-state index contributed by atoms with van der Waals surface area (Å²) in [5.74, 6) is 0.607. The van der Waals surface area contributed by atoms with Gasteiger partial charge in [0.1, 0.15) is 11.6 Å². The maximum absolute atomic E-state index is 10.9. The molecule has 5 heteroatoms. The summed E-state index contributed by atoms with van der Waals surface area (Å²) in [5, 5.41) is 22.9. The Labute approximate surface area is 113 Å². The van der Waals surface area contributed by atoms with Crippen molar-refractivity contribution in [3.63, 3.8) is 0 Å². The van der Waals surface area contributed by atoms with Crippen molar-refractivity contribution in [3.8, 4) is 6.07 Å². The van der Waals surface area contributed by atoms with Crippen LogP contribution in [0, 0.1) is 27.4 Å².